The maximum absolute atomic E-state index is 13.0. The number of hydrogen-bond donors (Lipinski definition) is 0. The average Bonchev–Trinajstić information content (AvgIpc) is 3.39. The molecule has 9 nitrogen and oxygen atoms in total. The molecule has 0 aliphatic carbocycles. The van der Waals surface area contributed by atoms with Crippen LogP contribution in [0.3, 0.4) is 0 Å². The van der Waals surface area contributed by atoms with Crippen molar-refractivity contribution in [3.63, 3.8) is 0 Å². The van der Waals surface area contributed by atoms with E-state index in [4.69, 9.17) is 0 Å². The van der Waals surface area contributed by atoms with Crippen LogP contribution in [0.4, 0.5) is 5.69 Å². The lowest BCUT2D eigenvalue weighted by Gasteiger charge is -2.18. The summed E-state index contributed by atoms with van der Waals surface area (Å²) in [5.74, 6) is -0.0479. The normalized spacial score (nSPS) is 20.3. The van der Waals surface area contributed by atoms with Crippen LogP contribution in [0.25, 0.3) is 11.0 Å². The van der Waals surface area contributed by atoms with E-state index in [-0.39, 0.29) is 30.0 Å². The third kappa shape index (κ3) is 3.03. The van der Waals surface area contributed by atoms with Crippen molar-refractivity contribution in [3.05, 3.63) is 52.7 Å². The predicted molar refractivity (Wildman–Crippen MR) is 107 cm³/mol. The second-order valence-electron chi connectivity index (χ2n) is 7.47. The summed E-state index contributed by atoms with van der Waals surface area (Å²) in [5.41, 5.74) is 2.49. The van der Waals surface area contributed by atoms with Crippen LogP contribution in [0.5, 0.6) is 0 Å². The van der Waals surface area contributed by atoms with Gasteiger partial charge < -0.3 is 4.90 Å². The third-order valence-corrected chi connectivity index (χ3v) is 7.42. The van der Waals surface area contributed by atoms with E-state index in [1.54, 1.807) is 9.58 Å². The molecule has 1 saturated heterocycles. The van der Waals surface area contributed by atoms with E-state index >= 15 is 0 Å². The summed E-state index contributed by atoms with van der Waals surface area (Å²) >= 11 is 0. The number of hydrogen-bond acceptors (Lipinski definition) is 6. The molecule has 5 rings (SSSR count). The molecule has 1 atom stereocenters. The number of para-hydroxylation sites is 1. The highest BCUT2D eigenvalue weighted by molar-refractivity contribution is 7.91. The number of aromatic nitrogens is 4. The molecular weight excluding hydrogens is 394 g/mol. The van der Waals surface area contributed by atoms with Gasteiger partial charge in [-0.2, -0.15) is 10.1 Å². The number of benzene rings is 1. The quantitative estimate of drug-likeness (QED) is 0.620. The fraction of sp³-hybridized carbons (Fsp3) is 0.368. The molecular formula is C19H19N5O4S. The van der Waals surface area contributed by atoms with E-state index in [0.717, 1.165) is 17.7 Å². The van der Waals surface area contributed by atoms with Crippen molar-refractivity contribution in [2.45, 2.75) is 25.4 Å². The lowest BCUT2D eigenvalue weighted by Crippen LogP contribution is -2.36. The Morgan fingerprint density at radius 3 is 2.79 bits per heavy atom. The Bertz CT molecular complexity index is 1290. The zero-order valence-electron chi connectivity index (χ0n) is 15.6. The average molecular weight is 413 g/mol. The number of carbonyl (C=O) groups excluding carboxylic acids is 1. The Morgan fingerprint density at radius 1 is 1.17 bits per heavy atom. The highest BCUT2D eigenvalue weighted by atomic mass is 32.2. The summed E-state index contributed by atoms with van der Waals surface area (Å²) in [6, 6.07) is 7.45. The zero-order valence-corrected chi connectivity index (χ0v) is 16.4. The molecule has 2 aliphatic rings. The van der Waals surface area contributed by atoms with Gasteiger partial charge in [0, 0.05) is 12.2 Å². The molecule has 3 aromatic rings. The van der Waals surface area contributed by atoms with Crippen molar-refractivity contribution in [2.75, 3.05) is 23.0 Å². The van der Waals surface area contributed by atoms with Gasteiger partial charge in [0.2, 0.25) is 5.91 Å². The van der Waals surface area contributed by atoms with Crippen molar-refractivity contribution in [1.29, 1.82) is 0 Å². The van der Waals surface area contributed by atoms with E-state index in [9.17, 15) is 18.0 Å². The van der Waals surface area contributed by atoms with Crippen molar-refractivity contribution < 1.29 is 13.2 Å². The number of rotatable bonds is 3. The third-order valence-electron chi connectivity index (χ3n) is 5.67. The summed E-state index contributed by atoms with van der Waals surface area (Å²) in [4.78, 5) is 31.0. The minimum atomic E-state index is -3.08. The lowest BCUT2D eigenvalue weighted by molar-refractivity contribution is -0.119. The zero-order chi connectivity index (χ0) is 20.2. The summed E-state index contributed by atoms with van der Waals surface area (Å²) in [7, 11) is -3.08. The molecule has 2 aromatic heterocycles. The van der Waals surface area contributed by atoms with Gasteiger partial charge in [0.25, 0.3) is 0 Å². The van der Waals surface area contributed by atoms with Crippen LogP contribution in [0, 0.1) is 0 Å². The Kier molecular flexibility index (Phi) is 4.05. The smallest absolute Gasteiger partial charge is 0.310 e. The van der Waals surface area contributed by atoms with Gasteiger partial charge in [0.05, 0.1) is 35.5 Å². The molecule has 0 spiro atoms. The van der Waals surface area contributed by atoms with E-state index in [2.05, 4.69) is 10.1 Å². The van der Waals surface area contributed by atoms with Crippen LogP contribution < -0.4 is 10.6 Å². The molecule has 0 radical (unpaired) electrons. The minimum Gasteiger partial charge on any atom is -0.310 e. The Hall–Kier alpha value is -3.01. The monoisotopic (exact) mass is 413 g/mol. The Morgan fingerprint density at radius 2 is 2.00 bits per heavy atom. The molecule has 0 N–H and O–H groups in total. The molecule has 150 valence electrons. The maximum atomic E-state index is 13.0. The first-order valence-corrected chi connectivity index (χ1v) is 11.3. The Labute approximate surface area is 166 Å². The molecule has 0 saturated carbocycles. The van der Waals surface area contributed by atoms with Gasteiger partial charge in [-0.3, -0.25) is 14.0 Å². The highest BCUT2D eigenvalue weighted by Gasteiger charge is 2.31. The van der Waals surface area contributed by atoms with Gasteiger partial charge in [-0.1, -0.05) is 18.2 Å². The molecule has 1 fully saturated rings. The van der Waals surface area contributed by atoms with Gasteiger partial charge in [0.15, 0.2) is 9.84 Å². The first kappa shape index (κ1) is 18.0. The van der Waals surface area contributed by atoms with Crippen molar-refractivity contribution in [1.82, 2.24) is 19.3 Å². The van der Waals surface area contributed by atoms with Gasteiger partial charge in [-0.05, 0) is 24.5 Å². The second kappa shape index (κ2) is 6.51. The number of anilines is 1. The molecule has 4 heterocycles. The summed E-state index contributed by atoms with van der Waals surface area (Å²) in [5, 5.41) is 4.31. The predicted octanol–water partition coefficient (Wildman–Crippen LogP) is 0.542. The lowest BCUT2D eigenvalue weighted by atomic mass is 10.2. The SMILES string of the molecule is O=C(Cn1c(=O)ncc2c1cnn2C1CCS(=O)(=O)C1)N1CCc2ccccc21. The maximum Gasteiger partial charge on any atom is 0.348 e. The number of amides is 1. The van der Waals surface area contributed by atoms with E-state index in [1.165, 1.54) is 17.0 Å². The van der Waals surface area contributed by atoms with E-state index in [0.29, 0.717) is 24.0 Å². The largest absolute Gasteiger partial charge is 0.348 e. The molecule has 1 unspecified atom stereocenters. The summed E-state index contributed by atoms with van der Waals surface area (Å²) < 4.78 is 26.6. The molecule has 10 heteroatoms. The Balaban J connectivity index is 1.49. The van der Waals surface area contributed by atoms with E-state index < -0.39 is 15.5 Å². The summed E-state index contributed by atoms with van der Waals surface area (Å²) in [6.07, 6.45) is 4.17. The van der Waals surface area contributed by atoms with Crippen LogP contribution in [0.15, 0.2) is 41.5 Å². The van der Waals surface area contributed by atoms with Crippen LogP contribution in [-0.4, -0.2) is 51.7 Å². The van der Waals surface area contributed by atoms with Gasteiger partial charge in [0.1, 0.15) is 12.1 Å². The minimum absolute atomic E-state index is 0.0202. The van der Waals surface area contributed by atoms with Crippen LogP contribution in [0.1, 0.15) is 18.0 Å². The van der Waals surface area contributed by atoms with Gasteiger partial charge in [-0.15, -0.1) is 0 Å². The van der Waals surface area contributed by atoms with Gasteiger partial charge >= 0.3 is 5.69 Å². The van der Waals surface area contributed by atoms with Gasteiger partial charge in [-0.25, -0.2) is 13.2 Å². The number of fused-ring (bicyclic) bond motifs is 2. The first-order chi connectivity index (χ1) is 13.9. The molecule has 29 heavy (non-hydrogen) atoms. The van der Waals surface area contributed by atoms with Crippen LogP contribution in [-0.2, 0) is 27.6 Å². The first-order valence-electron chi connectivity index (χ1n) is 9.45. The number of carbonyl (C=O) groups is 1. The fourth-order valence-electron chi connectivity index (χ4n) is 4.21. The number of nitrogens with zero attached hydrogens (tertiary/aromatic N) is 5. The molecule has 1 amide bonds. The van der Waals surface area contributed by atoms with Crippen LogP contribution >= 0.6 is 0 Å². The topological polar surface area (TPSA) is 107 Å². The number of sulfone groups is 1. The molecule has 1 aromatic carbocycles. The van der Waals surface area contributed by atoms with Crippen molar-refractivity contribution in [2.24, 2.45) is 0 Å². The second-order valence-corrected chi connectivity index (χ2v) is 9.70. The molecule has 0 bridgehead atoms. The fourth-order valence-corrected chi connectivity index (χ4v) is 5.91. The van der Waals surface area contributed by atoms with E-state index in [1.807, 2.05) is 24.3 Å². The van der Waals surface area contributed by atoms with Crippen molar-refractivity contribution in [3.8, 4) is 0 Å². The standard InChI is InChI=1S/C19H19N5O4S/c25-18(22-7-5-13-3-1-2-4-15(13)22)11-23-16-10-21-24(17(16)9-20-19(23)26)14-6-8-29(27,28)12-14/h1-4,9-10,14H,5-8,11-12H2. The summed E-state index contributed by atoms with van der Waals surface area (Å²) in [6.45, 7) is 0.432. The van der Waals surface area contributed by atoms with Crippen LogP contribution in [0.2, 0.25) is 0 Å². The molecule has 2 aliphatic heterocycles. The van der Waals surface area contributed by atoms with Crippen molar-refractivity contribution >= 4 is 32.5 Å². The highest BCUT2D eigenvalue weighted by Crippen LogP contribution is 2.28.